The van der Waals surface area contributed by atoms with E-state index in [9.17, 15) is 9.59 Å². The highest BCUT2D eigenvalue weighted by molar-refractivity contribution is 5.97. The molecule has 0 radical (unpaired) electrons. The van der Waals surface area contributed by atoms with Crippen LogP contribution in [0.1, 0.15) is 23.7 Å². The Kier molecular flexibility index (Phi) is 5.42. The molecule has 6 heteroatoms. The molecule has 166 valence electrons. The fourth-order valence-corrected chi connectivity index (χ4v) is 4.59. The molecule has 1 saturated heterocycles. The van der Waals surface area contributed by atoms with Crippen molar-refractivity contribution in [3.63, 3.8) is 0 Å². The number of anilines is 2. The van der Waals surface area contributed by atoms with Gasteiger partial charge in [0.2, 0.25) is 11.8 Å². The van der Waals surface area contributed by atoms with E-state index in [0.29, 0.717) is 13.0 Å². The largest absolute Gasteiger partial charge is 0.318 e. The summed E-state index contributed by atoms with van der Waals surface area (Å²) in [5.74, 6) is 0.751. The Labute approximate surface area is 193 Å². The molecular formula is C27H26N4O2. The van der Waals surface area contributed by atoms with Crippen molar-refractivity contribution in [1.29, 1.82) is 0 Å². The normalized spacial score (nSPS) is 15.9. The number of benzene rings is 3. The molecule has 5 rings (SSSR count). The number of amides is 2. The van der Waals surface area contributed by atoms with Gasteiger partial charge in [0.15, 0.2) is 0 Å². The second-order valence-electron chi connectivity index (χ2n) is 8.53. The van der Waals surface area contributed by atoms with E-state index in [1.54, 1.807) is 11.9 Å². The Morgan fingerprint density at radius 2 is 1.70 bits per heavy atom. The zero-order chi connectivity index (χ0) is 22.9. The average Bonchev–Trinajstić information content (AvgIpc) is 3.40. The van der Waals surface area contributed by atoms with Gasteiger partial charge in [-0.2, -0.15) is 0 Å². The lowest BCUT2D eigenvalue weighted by Gasteiger charge is -2.21. The molecule has 0 saturated carbocycles. The summed E-state index contributed by atoms with van der Waals surface area (Å²) in [4.78, 5) is 34.6. The van der Waals surface area contributed by atoms with Crippen LogP contribution in [0.15, 0.2) is 78.9 Å². The summed E-state index contributed by atoms with van der Waals surface area (Å²) in [6, 6.07) is 25.4. The van der Waals surface area contributed by atoms with Crippen LogP contribution in [0.5, 0.6) is 0 Å². The molecule has 0 aliphatic carbocycles. The molecule has 0 unspecified atom stereocenters. The maximum absolute atomic E-state index is 13.2. The molecule has 1 atom stereocenters. The van der Waals surface area contributed by atoms with Crippen molar-refractivity contribution in [3.05, 3.63) is 90.3 Å². The highest BCUT2D eigenvalue weighted by Crippen LogP contribution is 2.34. The number of fused-ring (bicyclic) bond motifs is 1. The summed E-state index contributed by atoms with van der Waals surface area (Å²) in [5, 5.41) is 0. The molecule has 3 aromatic carbocycles. The summed E-state index contributed by atoms with van der Waals surface area (Å²) >= 11 is 0. The molecule has 6 nitrogen and oxygen atoms in total. The minimum absolute atomic E-state index is 0.0364. The summed E-state index contributed by atoms with van der Waals surface area (Å²) in [6.07, 6.45) is 0.375. The second kappa shape index (κ2) is 8.54. The predicted octanol–water partition coefficient (Wildman–Crippen LogP) is 4.53. The minimum atomic E-state index is -0.0839. The van der Waals surface area contributed by atoms with Gasteiger partial charge < -0.3 is 14.4 Å². The van der Waals surface area contributed by atoms with Crippen LogP contribution in [0, 0.1) is 6.92 Å². The number of imidazole rings is 1. The third kappa shape index (κ3) is 3.89. The summed E-state index contributed by atoms with van der Waals surface area (Å²) < 4.78 is 1.98. The topological polar surface area (TPSA) is 58.4 Å². The molecule has 1 fully saturated rings. The van der Waals surface area contributed by atoms with E-state index in [1.165, 1.54) is 0 Å². The first-order valence-electron chi connectivity index (χ1n) is 11.2. The van der Waals surface area contributed by atoms with Gasteiger partial charge in [-0.25, -0.2) is 4.98 Å². The van der Waals surface area contributed by atoms with Crippen LogP contribution in [0.2, 0.25) is 0 Å². The van der Waals surface area contributed by atoms with Crippen molar-refractivity contribution in [2.75, 3.05) is 23.4 Å². The average molecular weight is 439 g/mol. The molecule has 0 N–H and O–H groups in total. The van der Waals surface area contributed by atoms with Crippen molar-refractivity contribution in [1.82, 2.24) is 9.55 Å². The van der Waals surface area contributed by atoms with Crippen LogP contribution in [-0.2, 0) is 16.1 Å². The van der Waals surface area contributed by atoms with Gasteiger partial charge in [-0.15, -0.1) is 0 Å². The fourth-order valence-electron chi connectivity index (χ4n) is 4.59. The number of rotatable bonds is 5. The summed E-state index contributed by atoms with van der Waals surface area (Å²) in [7, 11) is 1.79. The monoisotopic (exact) mass is 438 g/mol. The van der Waals surface area contributed by atoms with Crippen molar-refractivity contribution < 1.29 is 9.59 Å². The number of carbonyl (C=O) groups is 2. The van der Waals surface area contributed by atoms with Gasteiger partial charge in [-0.1, -0.05) is 48.5 Å². The van der Waals surface area contributed by atoms with Crippen LogP contribution >= 0.6 is 0 Å². The predicted molar refractivity (Wildman–Crippen MR) is 130 cm³/mol. The quantitative estimate of drug-likeness (QED) is 0.460. The smallest absolute Gasteiger partial charge is 0.246 e. The van der Waals surface area contributed by atoms with Gasteiger partial charge in [-0.3, -0.25) is 9.59 Å². The van der Waals surface area contributed by atoms with Gasteiger partial charge in [0, 0.05) is 37.3 Å². The number of aromatic nitrogens is 2. The molecule has 1 aromatic heterocycles. The molecule has 1 aliphatic rings. The summed E-state index contributed by atoms with van der Waals surface area (Å²) in [5.41, 5.74) is 4.59. The Hall–Kier alpha value is -3.93. The van der Waals surface area contributed by atoms with E-state index < -0.39 is 0 Å². The molecule has 0 spiro atoms. The van der Waals surface area contributed by atoms with Crippen LogP contribution < -0.4 is 9.80 Å². The molecular weight excluding hydrogens is 412 g/mol. The van der Waals surface area contributed by atoms with Crippen molar-refractivity contribution in [3.8, 4) is 0 Å². The standard InChI is InChI=1S/C27H26N4O2/c1-19-10-6-8-14-23(19)30-17-20(16-25(30)32)27-28-22-13-7-9-15-24(22)31(27)18-26(33)29(2)21-11-4-3-5-12-21/h3-15,20H,16-18H2,1-2H3/t20-/m0/s1. The highest BCUT2D eigenvalue weighted by atomic mass is 16.2. The van der Waals surface area contributed by atoms with Gasteiger partial charge in [0.25, 0.3) is 0 Å². The van der Waals surface area contributed by atoms with E-state index in [1.807, 2.05) is 95.3 Å². The van der Waals surface area contributed by atoms with Crippen LogP contribution in [0.3, 0.4) is 0 Å². The van der Waals surface area contributed by atoms with Crippen LogP contribution in [-0.4, -0.2) is 35.0 Å². The van der Waals surface area contributed by atoms with E-state index in [0.717, 1.165) is 33.8 Å². The SMILES string of the molecule is Cc1ccccc1N1C[C@@H](c2nc3ccccc3n2CC(=O)N(C)c2ccccc2)CC1=O. The number of aryl methyl sites for hydroxylation is 1. The lowest BCUT2D eigenvalue weighted by atomic mass is 10.1. The van der Waals surface area contributed by atoms with E-state index in [2.05, 4.69) is 0 Å². The molecule has 4 aromatic rings. The van der Waals surface area contributed by atoms with Gasteiger partial charge >= 0.3 is 0 Å². The molecule has 2 amide bonds. The number of carbonyl (C=O) groups excluding carboxylic acids is 2. The first-order chi connectivity index (χ1) is 16.0. The third-order valence-corrected chi connectivity index (χ3v) is 6.39. The maximum Gasteiger partial charge on any atom is 0.246 e. The molecule has 33 heavy (non-hydrogen) atoms. The Morgan fingerprint density at radius 1 is 1.00 bits per heavy atom. The van der Waals surface area contributed by atoms with Gasteiger partial charge in [-0.05, 0) is 42.8 Å². The van der Waals surface area contributed by atoms with Crippen LogP contribution in [0.4, 0.5) is 11.4 Å². The highest BCUT2D eigenvalue weighted by Gasteiger charge is 2.35. The first kappa shape index (κ1) is 20.9. The first-order valence-corrected chi connectivity index (χ1v) is 11.2. The zero-order valence-electron chi connectivity index (χ0n) is 18.8. The summed E-state index contributed by atoms with van der Waals surface area (Å²) in [6.45, 7) is 2.73. The Morgan fingerprint density at radius 3 is 2.48 bits per heavy atom. The number of nitrogens with zero attached hydrogens (tertiary/aromatic N) is 4. The van der Waals surface area contributed by atoms with Crippen LogP contribution in [0.25, 0.3) is 11.0 Å². The van der Waals surface area contributed by atoms with Gasteiger partial charge in [0.05, 0.1) is 11.0 Å². The maximum atomic E-state index is 13.2. The van der Waals surface area contributed by atoms with Crippen molar-refractivity contribution in [2.24, 2.45) is 0 Å². The lowest BCUT2D eigenvalue weighted by Crippen LogP contribution is -2.31. The second-order valence-corrected chi connectivity index (χ2v) is 8.53. The molecule has 0 bridgehead atoms. The Bertz CT molecular complexity index is 1330. The molecule has 1 aliphatic heterocycles. The third-order valence-electron chi connectivity index (χ3n) is 6.39. The Balaban J connectivity index is 1.48. The number of hydrogen-bond donors (Lipinski definition) is 0. The number of likely N-dealkylation sites (N-methyl/N-ethyl adjacent to an activating group) is 1. The number of hydrogen-bond acceptors (Lipinski definition) is 3. The van der Waals surface area contributed by atoms with E-state index in [-0.39, 0.29) is 24.3 Å². The zero-order valence-corrected chi connectivity index (χ0v) is 18.8. The minimum Gasteiger partial charge on any atom is -0.318 e. The van der Waals surface area contributed by atoms with Crippen molar-refractivity contribution >= 4 is 34.2 Å². The van der Waals surface area contributed by atoms with Crippen molar-refractivity contribution in [2.45, 2.75) is 25.8 Å². The number of para-hydroxylation sites is 4. The lowest BCUT2D eigenvalue weighted by molar-refractivity contribution is -0.119. The van der Waals surface area contributed by atoms with Gasteiger partial charge in [0.1, 0.15) is 12.4 Å². The van der Waals surface area contributed by atoms with E-state index >= 15 is 0 Å². The van der Waals surface area contributed by atoms with E-state index in [4.69, 9.17) is 4.98 Å². The molecule has 2 heterocycles. The fraction of sp³-hybridized carbons (Fsp3) is 0.222.